The van der Waals surface area contributed by atoms with Crippen LogP contribution in [0.25, 0.3) is 21.8 Å². The van der Waals surface area contributed by atoms with Crippen molar-refractivity contribution in [2.45, 2.75) is 6.54 Å². The van der Waals surface area contributed by atoms with Gasteiger partial charge in [0.25, 0.3) is 0 Å². The first-order valence-electron chi connectivity index (χ1n) is 8.21. The number of amides is 1. The number of benzene rings is 3. The fourth-order valence-corrected chi connectivity index (χ4v) is 3.45. The average molecular weight is 348 g/mol. The summed E-state index contributed by atoms with van der Waals surface area (Å²) in [4.78, 5) is 11.9. The van der Waals surface area contributed by atoms with Gasteiger partial charge in [0.1, 0.15) is 11.6 Å². The summed E-state index contributed by atoms with van der Waals surface area (Å²) < 4.78 is 21.2. The Hall–Kier alpha value is -3.34. The van der Waals surface area contributed by atoms with E-state index in [1.807, 2.05) is 30.3 Å². The molecule has 26 heavy (non-hydrogen) atoms. The highest BCUT2D eigenvalue weighted by molar-refractivity contribution is 6.17. The van der Waals surface area contributed by atoms with Crippen LogP contribution in [-0.4, -0.2) is 17.6 Å². The van der Waals surface area contributed by atoms with Crippen LogP contribution in [0.3, 0.4) is 0 Å². The van der Waals surface area contributed by atoms with Crippen LogP contribution in [0.2, 0.25) is 0 Å². The molecule has 4 aromatic rings. The predicted molar refractivity (Wildman–Crippen MR) is 100 cm³/mol. The van der Waals surface area contributed by atoms with Gasteiger partial charge in [0, 0.05) is 28.4 Å². The molecule has 0 radical (unpaired) electrons. The van der Waals surface area contributed by atoms with E-state index < -0.39 is 5.91 Å². The lowest BCUT2D eigenvalue weighted by Crippen LogP contribution is -2.11. The first-order valence-corrected chi connectivity index (χ1v) is 8.21. The van der Waals surface area contributed by atoms with Gasteiger partial charge in [0.15, 0.2) is 0 Å². The summed E-state index contributed by atoms with van der Waals surface area (Å²) >= 11 is 0. The Kier molecular flexibility index (Phi) is 3.84. The van der Waals surface area contributed by atoms with Gasteiger partial charge in [0.2, 0.25) is 5.91 Å². The van der Waals surface area contributed by atoms with Crippen molar-refractivity contribution in [3.8, 4) is 5.75 Å². The van der Waals surface area contributed by atoms with Gasteiger partial charge < -0.3 is 15.0 Å². The van der Waals surface area contributed by atoms with Crippen LogP contribution >= 0.6 is 0 Å². The molecule has 0 saturated heterocycles. The molecular formula is C21H17FN2O2. The summed E-state index contributed by atoms with van der Waals surface area (Å²) in [5.74, 6) is -0.107. The van der Waals surface area contributed by atoms with Crippen LogP contribution in [-0.2, 0) is 6.54 Å². The average Bonchev–Trinajstić information content (AvgIpc) is 2.95. The van der Waals surface area contributed by atoms with Crippen LogP contribution in [0.5, 0.6) is 5.75 Å². The molecule has 3 aromatic carbocycles. The fraction of sp³-hybridized carbons (Fsp3) is 0.0952. The normalized spacial score (nSPS) is 11.2. The second-order valence-corrected chi connectivity index (χ2v) is 6.16. The van der Waals surface area contributed by atoms with Crippen molar-refractivity contribution in [3.63, 3.8) is 0 Å². The zero-order valence-corrected chi connectivity index (χ0v) is 14.2. The van der Waals surface area contributed by atoms with E-state index in [4.69, 9.17) is 10.5 Å². The summed E-state index contributed by atoms with van der Waals surface area (Å²) in [6.45, 7) is 0.561. The predicted octanol–water partition coefficient (Wildman–Crippen LogP) is 4.09. The first kappa shape index (κ1) is 16.1. The molecule has 0 aliphatic carbocycles. The molecule has 4 nitrogen and oxygen atoms in total. The van der Waals surface area contributed by atoms with Crippen molar-refractivity contribution in [1.82, 2.24) is 4.57 Å². The van der Waals surface area contributed by atoms with Crippen molar-refractivity contribution in [2.24, 2.45) is 5.73 Å². The van der Waals surface area contributed by atoms with E-state index >= 15 is 0 Å². The maximum atomic E-state index is 13.9. The molecule has 4 rings (SSSR count). The zero-order chi connectivity index (χ0) is 18.3. The third kappa shape index (κ3) is 2.58. The number of methoxy groups -OCH3 is 1. The number of hydrogen-bond donors (Lipinski definition) is 1. The molecule has 0 fully saturated rings. The molecule has 0 atom stereocenters. The first-order chi connectivity index (χ1) is 12.6. The molecule has 0 bridgehead atoms. The maximum absolute atomic E-state index is 13.9. The van der Waals surface area contributed by atoms with Crippen molar-refractivity contribution >= 4 is 27.7 Å². The minimum absolute atomic E-state index is 0.350. The Morgan fingerprint density at radius 1 is 1.08 bits per heavy atom. The molecule has 1 amide bonds. The summed E-state index contributed by atoms with van der Waals surface area (Å²) in [5, 5.41) is 1.36. The van der Waals surface area contributed by atoms with Gasteiger partial charge in [-0.1, -0.05) is 18.2 Å². The molecule has 0 unspecified atom stereocenters. The van der Waals surface area contributed by atoms with Gasteiger partial charge in [-0.3, -0.25) is 4.79 Å². The topological polar surface area (TPSA) is 57.2 Å². The van der Waals surface area contributed by atoms with Crippen molar-refractivity contribution < 1.29 is 13.9 Å². The lowest BCUT2D eigenvalue weighted by atomic mass is 10.1. The van der Waals surface area contributed by atoms with Gasteiger partial charge in [-0.05, 0) is 48.0 Å². The lowest BCUT2D eigenvalue weighted by Gasteiger charge is -2.09. The Morgan fingerprint density at radius 2 is 1.88 bits per heavy atom. The molecule has 0 aliphatic heterocycles. The van der Waals surface area contributed by atoms with Crippen molar-refractivity contribution in [3.05, 3.63) is 77.6 Å². The summed E-state index contributed by atoms with van der Waals surface area (Å²) in [7, 11) is 1.63. The van der Waals surface area contributed by atoms with Crippen LogP contribution in [0, 0.1) is 5.82 Å². The highest BCUT2D eigenvalue weighted by atomic mass is 19.1. The van der Waals surface area contributed by atoms with E-state index in [9.17, 15) is 9.18 Å². The minimum Gasteiger partial charge on any atom is -0.497 e. The van der Waals surface area contributed by atoms with E-state index in [0.717, 1.165) is 22.3 Å². The lowest BCUT2D eigenvalue weighted by molar-refractivity contribution is 0.100. The molecule has 0 spiro atoms. The van der Waals surface area contributed by atoms with Crippen LogP contribution in [0.1, 0.15) is 15.9 Å². The number of primary amides is 1. The zero-order valence-electron chi connectivity index (χ0n) is 14.2. The smallest absolute Gasteiger partial charge is 0.249 e. The quantitative estimate of drug-likeness (QED) is 0.604. The van der Waals surface area contributed by atoms with E-state index in [1.54, 1.807) is 25.3 Å². The molecule has 0 saturated carbocycles. The number of rotatable bonds is 4. The molecule has 1 heterocycles. The highest BCUT2D eigenvalue weighted by Gasteiger charge is 2.17. The number of hydrogen-bond acceptors (Lipinski definition) is 2. The standard InChI is InChI=1S/C21H17FN2O2/c1-26-15-5-2-4-13(10-15)12-24-18-9-8-14(22)11-17(18)20-16(21(23)25)6-3-7-19(20)24/h2-11H,12H2,1H3,(H2,23,25). The van der Waals surface area contributed by atoms with E-state index in [0.29, 0.717) is 22.9 Å². The minimum atomic E-state index is -0.528. The van der Waals surface area contributed by atoms with Crippen LogP contribution in [0.4, 0.5) is 4.39 Å². The summed E-state index contributed by atoms with van der Waals surface area (Å²) in [5.41, 5.74) is 8.66. The fourth-order valence-electron chi connectivity index (χ4n) is 3.45. The number of nitrogens with two attached hydrogens (primary N) is 1. The number of nitrogens with zero attached hydrogens (tertiary/aromatic N) is 1. The van der Waals surface area contributed by atoms with Gasteiger partial charge in [-0.15, -0.1) is 0 Å². The van der Waals surface area contributed by atoms with Gasteiger partial charge in [0.05, 0.1) is 12.6 Å². The maximum Gasteiger partial charge on any atom is 0.249 e. The third-order valence-electron chi connectivity index (χ3n) is 4.59. The number of fused-ring (bicyclic) bond motifs is 3. The molecule has 0 aliphatic rings. The number of halogens is 1. The summed E-state index contributed by atoms with van der Waals surface area (Å²) in [6.07, 6.45) is 0. The number of carbonyl (C=O) groups is 1. The monoisotopic (exact) mass is 348 g/mol. The van der Waals surface area contributed by atoms with E-state index in [1.165, 1.54) is 12.1 Å². The van der Waals surface area contributed by atoms with Gasteiger partial charge in [-0.2, -0.15) is 0 Å². The number of aromatic nitrogens is 1. The van der Waals surface area contributed by atoms with E-state index in [-0.39, 0.29) is 5.82 Å². The number of ether oxygens (including phenoxy) is 1. The largest absolute Gasteiger partial charge is 0.497 e. The Balaban J connectivity index is 2.01. The molecular weight excluding hydrogens is 331 g/mol. The van der Waals surface area contributed by atoms with Gasteiger partial charge in [-0.25, -0.2) is 4.39 Å². The Labute approximate surface area is 149 Å². The second-order valence-electron chi connectivity index (χ2n) is 6.16. The molecule has 2 N–H and O–H groups in total. The molecule has 130 valence electrons. The van der Waals surface area contributed by atoms with Crippen LogP contribution in [0.15, 0.2) is 60.7 Å². The highest BCUT2D eigenvalue weighted by Crippen LogP contribution is 2.33. The summed E-state index contributed by atoms with van der Waals surface area (Å²) in [6, 6.07) is 17.8. The molecule has 1 aromatic heterocycles. The van der Waals surface area contributed by atoms with Crippen molar-refractivity contribution in [2.75, 3.05) is 7.11 Å². The Bertz CT molecular complexity index is 1150. The van der Waals surface area contributed by atoms with E-state index in [2.05, 4.69) is 4.57 Å². The number of carbonyl (C=O) groups excluding carboxylic acids is 1. The Morgan fingerprint density at radius 3 is 2.65 bits per heavy atom. The second kappa shape index (κ2) is 6.19. The van der Waals surface area contributed by atoms with Crippen molar-refractivity contribution in [1.29, 1.82) is 0 Å². The van der Waals surface area contributed by atoms with Gasteiger partial charge >= 0.3 is 0 Å². The SMILES string of the molecule is COc1cccc(Cn2c3ccc(F)cc3c3c(C(N)=O)cccc32)c1. The van der Waals surface area contributed by atoms with Crippen LogP contribution < -0.4 is 10.5 Å². The third-order valence-corrected chi connectivity index (χ3v) is 4.59. The molecule has 5 heteroatoms.